The molecule has 1 rings (SSSR count). The lowest BCUT2D eigenvalue weighted by Crippen LogP contribution is -2.21. The van der Waals surface area contributed by atoms with Crippen molar-refractivity contribution in [2.75, 3.05) is 17.3 Å². The quantitative estimate of drug-likeness (QED) is 0.575. The molecule has 21 heavy (non-hydrogen) atoms. The third kappa shape index (κ3) is 5.58. The summed E-state index contributed by atoms with van der Waals surface area (Å²) in [6.07, 6.45) is 2.96. The number of carboxylic acids is 1. The van der Waals surface area contributed by atoms with Gasteiger partial charge in [-0.1, -0.05) is 39.5 Å². The van der Waals surface area contributed by atoms with E-state index in [1.165, 1.54) is 17.5 Å². The summed E-state index contributed by atoms with van der Waals surface area (Å²) in [4.78, 5) is 15.3. The maximum Gasteiger partial charge on any atom is 0.313 e. The highest BCUT2D eigenvalue weighted by Gasteiger charge is 2.24. The molecular formula is C15H26N2O2S2. The molecule has 4 nitrogen and oxygen atoms in total. The molecule has 0 amide bonds. The molecule has 1 unspecified atom stereocenters. The monoisotopic (exact) mass is 330 g/mol. The van der Waals surface area contributed by atoms with E-state index >= 15 is 0 Å². The predicted octanol–water partition coefficient (Wildman–Crippen LogP) is 4.06. The lowest BCUT2D eigenvalue weighted by atomic mass is 9.92. The van der Waals surface area contributed by atoms with Gasteiger partial charge in [-0.2, -0.15) is 11.8 Å². The van der Waals surface area contributed by atoms with Gasteiger partial charge in [-0.25, -0.2) is 4.98 Å². The molecule has 1 heterocycles. The maximum absolute atomic E-state index is 10.8. The van der Waals surface area contributed by atoms with E-state index in [-0.39, 0.29) is 11.2 Å². The maximum atomic E-state index is 10.8. The second-order valence-electron chi connectivity index (χ2n) is 6.06. The van der Waals surface area contributed by atoms with E-state index in [1.807, 2.05) is 18.0 Å². The van der Waals surface area contributed by atoms with Gasteiger partial charge in [0.15, 0.2) is 5.16 Å². The van der Waals surface area contributed by atoms with E-state index < -0.39 is 5.97 Å². The second-order valence-corrected chi connectivity index (χ2v) is 8.40. The smallest absolute Gasteiger partial charge is 0.313 e. The van der Waals surface area contributed by atoms with Crippen molar-refractivity contribution in [3.8, 4) is 0 Å². The van der Waals surface area contributed by atoms with Crippen LogP contribution in [-0.2, 0) is 10.2 Å². The van der Waals surface area contributed by atoms with Crippen LogP contribution in [0.25, 0.3) is 0 Å². The summed E-state index contributed by atoms with van der Waals surface area (Å²) in [5.41, 5.74) is 1.17. The molecule has 0 spiro atoms. The molecule has 1 N–H and O–H groups in total. The molecule has 1 aromatic rings. The number of thioether (sulfide) groups is 2. The van der Waals surface area contributed by atoms with Crippen LogP contribution in [0.2, 0.25) is 0 Å². The van der Waals surface area contributed by atoms with E-state index in [4.69, 9.17) is 5.11 Å². The summed E-state index contributed by atoms with van der Waals surface area (Å²) in [5, 5.41) is 9.70. The molecule has 0 bridgehead atoms. The Kier molecular flexibility index (Phi) is 7.13. The molecule has 0 aliphatic rings. The fourth-order valence-electron chi connectivity index (χ4n) is 2.09. The summed E-state index contributed by atoms with van der Waals surface area (Å²) in [7, 11) is 0. The minimum atomic E-state index is -0.805. The van der Waals surface area contributed by atoms with Gasteiger partial charge in [-0.3, -0.25) is 4.79 Å². The molecule has 120 valence electrons. The molecule has 1 atom stereocenters. The van der Waals surface area contributed by atoms with E-state index in [2.05, 4.69) is 44.2 Å². The number of hydrogen-bond acceptors (Lipinski definition) is 4. The molecule has 0 radical (unpaired) electrons. The van der Waals surface area contributed by atoms with Gasteiger partial charge in [0.1, 0.15) is 0 Å². The molecule has 0 saturated heterocycles. The van der Waals surface area contributed by atoms with Gasteiger partial charge in [0.25, 0.3) is 0 Å². The summed E-state index contributed by atoms with van der Waals surface area (Å²) >= 11 is 3.24. The first-order valence-corrected chi connectivity index (χ1v) is 9.41. The fourth-order valence-corrected chi connectivity index (χ4v) is 3.68. The van der Waals surface area contributed by atoms with Gasteiger partial charge >= 0.3 is 5.97 Å². The summed E-state index contributed by atoms with van der Waals surface area (Å²) in [6, 6.07) is 0.331. The number of carbonyl (C=O) groups is 1. The minimum absolute atomic E-state index is 0.00118. The van der Waals surface area contributed by atoms with Crippen molar-refractivity contribution in [3.05, 3.63) is 11.9 Å². The zero-order valence-corrected chi connectivity index (χ0v) is 15.2. The molecule has 0 saturated carbocycles. The SMILES string of the molecule is CCSCCC(C)n1c(C(C)(C)C)cnc1SCC(=O)O. The number of aromatic nitrogens is 2. The first kappa shape index (κ1) is 18.4. The number of hydrogen-bond donors (Lipinski definition) is 1. The summed E-state index contributed by atoms with van der Waals surface area (Å²) in [6.45, 7) is 10.9. The number of aliphatic carboxylic acids is 1. The van der Waals surface area contributed by atoms with Crippen molar-refractivity contribution in [1.29, 1.82) is 0 Å². The van der Waals surface area contributed by atoms with E-state index in [0.29, 0.717) is 6.04 Å². The highest BCUT2D eigenvalue weighted by Crippen LogP contribution is 2.32. The lowest BCUT2D eigenvalue weighted by molar-refractivity contribution is -0.133. The topological polar surface area (TPSA) is 55.1 Å². The average Bonchev–Trinajstić information content (AvgIpc) is 2.80. The Morgan fingerprint density at radius 3 is 2.67 bits per heavy atom. The number of carboxylic acid groups (broad SMARTS) is 1. The van der Waals surface area contributed by atoms with Crippen molar-refractivity contribution in [3.63, 3.8) is 0 Å². The Balaban J connectivity index is 2.98. The fraction of sp³-hybridized carbons (Fsp3) is 0.733. The van der Waals surface area contributed by atoms with Crippen LogP contribution in [-0.4, -0.2) is 37.9 Å². The van der Waals surface area contributed by atoms with Crippen LogP contribution in [0.3, 0.4) is 0 Å². The predicted molar refractivity (Wildman–Crippen MR) is 91.6 cm³/mol. The molecule has 0 aliphatic carbocycles. The van der Waals surface area contributed by atoms with Crippen molar-refractivity contribution < 1.29 is 9.90 Å². The molecule has 6 heteroatoms. The molecule has 0 aromatic carbocycles. The van der Waals surface area contributed by atoms with Crippen LogP contribution in [0.4, 0.5) is 0 Å². The summed E-state index contributed by atoms with van der Waals surface area (Å²) < 4.78 is 2.23. The minimum Gasteiger partial charge on any atom is -0.481 e. The highest BCUT2D eigenvalue weighted by atomic mass is 32.2. The Hall–Kier alpha value is -0.620. The van der Waals surface area contributed by atoms with Crippen LogP contribution in [0.15, 0.2) is 11.4 Å². The molecule has 1 aromatic heterocycles. The van der Waals surface area contributed by atoms with Crippen molar-refractivity contribution in [1.82, 2.24) is 9.55 Å². The second kappa shape index (κ2) is 8.13. The van der Waals surface area contributed by atoms with Gasteiger partial charge < -0.3 is 9.67 Å². The number of rotatable bonds is 8. The first-order valence-electron chi connectivity index (χ1n) is 7.27. The van der Waals surface area contributed by atoms with Crippen molar-refractivity contribution in [2.45, 2.75) is 57.7 Å². The molecular weight excluding hydrogens is 304 g/mol. The Bertz CT molecular complexity index is 467. The Labute approximate surface area is 136 Å². The molecule has 0 fully saturated rings. The number of nitrogens with zero attached hydrogens (tertiary/aromatic N) is 2. The first-order chi connectivity index (χ1) is 9.77. The van der Waals surface area contributed by atoms with Crippen LogP contribution >= 0.6 is 23.5 Å². The third-order valence-electron chi connectivity index (χ3n) is 3.18. The summed E-state index contributed by atoms with van der Waals surface area (Å²) in [5.74, 6) is 1.49. The Morgan fingerprint density at radius 2 is 2.14 bits per heavy atom. The van der Waals surface area contributed by atoms with Crippen LogP contribution in [0.5, 0.6) is 0 Å². The molecule has 0 aliphatic heterocycles. The van der Waals surface area contributed by atoms with Crippen molar-refractivity contribution >= 4 is 29.5 Å². The lowest BCUT2D eigenvalue weighted by Gasteiger charge is -2.26. The van der Waals surface area contributed by atoms with Gasteiger partial charge in [-0.15, -0.1) is 0 Å². The van der Waals surface area contributed by atoms with Crippen LogP contribution < -0.4 is 0 Å². The van der Waals surface area contributed by atoms with E-state index in [9.17, 15) is 4.79 Å². The van der Waals surface area contributed by atoms with E-state index in [0.717, 1.165) is 23.1 Å². The largest absolute Gasteiger partial charge is 0.481 e. The van der Waals surface area contributed by atoms with Gasteiger partial charge in [0.05, 0.1) is 5.75 Å². The zero-order chi connectivity index (χ0) is 16.0. The van der Waals surface area contributed by atoms with Gasteiger partial charge in [-0.05, 0) is 24.9 Å². The normalized spacial score (nSPS) is 13.4. The Morgan fingerprint density at radius 1 is 1.48 bits per heavy atom. The van der Waals surface area contributed by atoms with Crippen LogP contribution in [0, 0.1) is 0 Å². The third-order valence-corrected chi connectivity index (χ3v) is 5.07. The number of imidazole rings is 1. The highest BCUT2D eigenvalue weighted by molar-refractivity contribution is 7.99. The van der Waals surface area contributed by atoms with E-state index in [1.54, 1.807) is 0 Å². The zero-order valence-electron chi connectivity index (χ0n) is 13.5. The van der Waals surface area contributed by atoms with Gasteiger partial charge in [0.2, 0.25) is 0 Å². The van der Waals surface area contributed by atoms with Gasteiger partial charge in [0, 0.05) is 23.3 Å². The van der Waals surface area contributed by atoms with Crippen molar-refractivity contribution in [2.24, 2.45) is 0 Å². The average molecular weight is 331 g/mol. The standard InChI is InChI=1S/C15H26N2O2S2/c1-6-20-8-7-11(2)17-12(15(3,4)5)9-16-14(17)21-10-13(18)19/h9,11H,6-8,10H2,1-5H3,(H,18,19). The van der Waals surface area contributed by atoms with Crippen LogP contribution in [0.1, 0.15) is 52.8 Å².